The Balaban J connectivity index is 1.39. The van der Waals surface area contributed by atoms with Crippen LogP contribution in [0.15, 0.2) is 64.9 Å². The van der Waals surface area contributed by atoms with Gasteiger partial charge in [0.15, 0.2) is 29.6 Å². The van der Waals surface area contributed by atoms with Gasteiger partial charge >= 0.3 is 12.0 Å². The van der Waals surface area contributed by atoms with Gasteiger partial charge in [0.25, 0.3) is 5.91 Å². The maximum atomic E-state index is 12.6. The molecule has 0 radical (unpaired) electrons. The van der Waals surface area contributed by atoms with E-state index in [0.29, 0.717) is 45.0 Å². The lowest BCUT2D eigenvalue weighted by atomic mass is 9.95. The molecule has 1 aliphatic heterocycles. The molecule has 1 atom stereocenters. The molecular weight excluding hydrogens is 778 g/mol. The summed E-state index contributed by atoms with van der Waals surface area (Å²) in [5.41, 5.74) is 5.15. The summed E-state index contributed by atoms with van der Waals surface area (Å²) in [5, 5.41) is 10.3. The van der Waals surface area contributed by atoms with Crippen molar-refractivity contribution in [2.45, 2.75) is 33.4 Å². The predicted molar refractivity (Wildman–Crippen MR) is 189 cm³/mol. The number of ether oxygens (including phenoxy) is 5. The minimum Gasteiger partial charge on any atom is -0.493 e. The third-order valence-corrected chi connectivity index (χ3v) is 8.29. The van der Waals surface area contributed by atoms with Gasteiger partial charge in [-0.2, -0.15) is 5.10 Å². The molecule has 1 aliphatic rings. The summed E-state index contributed by atoms with van der Waals surface area (Å²) < 4.78 is 29.0. The maximum Gasteiger partial charge on any atom is 0.338 e. The van der Waals surface area contributed by atoms with Crippen LogP contribution in [0.3, 0.4) is 0 Å². The fourth-order valence-electron chi connectivity index (χ4n) is 4.61. The molecule has 3 aromatic carbocycles. The second-order valence-corrected chi connectivity index (χ2v) is 12.1. The Hall–Kier alpha value is -4.21. The number of halogens is 3. The van der Waals surface area contributed by atoms with E-state index in [4.69, 9.17) is 46.9 Å². The molecule has 0 saturated heterocycles. The zero-order valence-corrected chi connectivity index (χ0v) is 30.1. The lowest BCUT2D eigenvalue weighted by molar-refractivity contribution is -0.139. The number of amides is 3. The summed E-state index contributed by atoms with van der Waals surface area (Å²) >= 11 is 14.3. The minimum atomic E-state index is -0.784. The van der Waals surface area contributed by atoms with Crippen molar-refractivity contribution in [2.75, 3.05) is 26.9 Å². The van der Waals surface area contributed by atoms with Gasteiger partial charge in [0.05, 0.1) is 51.8 Å². The third kappa shape index (κ3) is 9.45. The van der Waals surface area contributed by atoms with E-state index in [1.54, 1.807) is 50.2 Å². The Morgan fingerprint density at radius 3 is 2.48 bits per heavy atom. The quantitative estimate of drug-likeness (QED) is 0.0745. The fourth-order valence-corrected chi connectivity index (χ4v) is 5.71. The summed E-state index contributed by atoms with van der Waals surface area (Å²) in [6, 6.07) is 12.5. The van der Waals surface area contributed by atoms with Gasteiger partial charge in [-0.15, -0.1) is 0 Å². The van der Waals surface area contributed by atoms with Gasteiger partial charge in [0.2, 0.25) is 0 Å². The second kappa shape index (κ2) is 17.3. The number of carbonyl (C=O) groups excluding carboxylic acids is 3. The number of esters is 1. The highest BCUT2D eigenvalue weighted by Crippen LogP contribution is 2.36. The van der Waals surface area contributed by atoms with E-state index >= 15 is 0 Å². The first kappa shape index (κ1) is 36.6. The first-order valence-corrected chi connectivity index (χ1v) is 16.5. The Bertz CT molecular complexity index is 1750. The molecule has 3 amide bonds. The van der Waals surface area contributed by atoms with E-state index in [1.807, 2.05) is 19.1 Å². The number of hydrogen-bond donors (Lipinski definition) is 3. The standard InChI is InChI=1S/C33H33Cl2IN4O8/c1-5-45-27-13-20(12-24(36)31(27)48-16-19-7-9-22(34)23(35)11-19)15-37-40-28(41)17-47-25-10-8-21(14-26(25)44-4)30-29(32(42)46-6-2)18(3)38-33(43)39-30/h7-15,30H,5-6,16-17H2,1-4H3,(H,40,41)(H2,38,39,43)/b37-15+/t30-/m0/s1. The molecule has 0 fully saturated rings. The highest BCUT2D eigenvalue weighted by molar-refractivity contribution is 14.1. The van der Waals surface area contributed by atoms with E-state index in [1.165, 1.54) is 13.3 Å². The van der Waals surface area contributed by atoms with Crippen molar-refractivity contribution in [1.82, 2.24) is 16.1 Å². The Kier molecular flexibility index (Phi) is 13.2. The van der Waals surface area contributed by atoms with E-state index in [2.05, 4.69) is 43.8 Å². The molecule has 0 spiro atoms. The van der Waals surface area contributed by atoms with E-state index in [-0.39, 0.29) is 36.9 Å². The Morgan fingerprint density at radius 2 is 1.77 bits per heavy atom. The lowest BCUT2D eigenvalue weighted by Crippen LogP contribution is -2.45. The first-order chi connectivity index (χ1) is 23.0. The highest BCUT2D eigenvalue weighted by atomic mass is 127. The van der Waals surface area contributed by atoms with Crippen LogP contribution in [0, 0.1) is 3.57 Å². The predicted octanol–water partition coefficient (Wildman–Crippen LogP) is 6.30. The van der Waals surface area contributed by atoms with E-state index in [0.717, 1.165) is 9.13 Å². The Morgan fingerprint density at radius 1 is 0.979 bits per heavy atom. The zero-order valence-electron chi connectivity index (χ0n) is 26.4. The van der Waals surface area contributed by atoms with E-state index in [9.17, 15) is 14.4 Å². The highest BCUT2D eigenvalue weighted by Gasteiger charge is 2.32. The van der Waals surface area contributed by atoms with Gasteiger partial charge in [-0.1, -0.05) is 35.3 Å². The Labute approximate surface area is 301 Å². The molecule has 3 aromatic rings. The molecule has 254 valence electrons. The van der Waals surface area contributed by atoms with Crippen LogP contribution in [0.2, 0.25) is 10.0 Å². The van der Waals surface area contributed by atoms with E-state index < -0.39 is 23.9 Å². The number of allylic oxidation sites excluding steroid dienone is 1. The minimum absolute atomic E-state index is 0.176. The average Bonchev–Trinajstić information content (AvgIpc) is 3.04. The summed E-state index contributed by atoms with van der Waals surface area (Å²) in [6.45, 7) is 5.66. The molecule has 0 aromatic heterocycles. The first-order valence-electron chi connectivity index (χ1n) is 14.7. The van der Waals surface area contributed by atoms with Crippen LogP contribution < -0.4 is 35.0 Å². The summed E-state index contributed by atoms with van der Waals surface area (Å²) in [4.78, 5) is 37.4. The van der Waals surface area contributed by atoms with Gasteiger partial charge in [0, 0.05) is 5.70 Å². The van der Waals surface area contributed by atoms with Gasteiger partial charge in [0.1, 0.15) is 6.61 Å². The molecule has 1 heterocycles. The van der Waals surface area contributed by atoms with Crippen LogP contribution in [0.1, 0.15) is 43.5 Å². The monoisotopic (exact) mass is 810 g/mol. The number of urea groups is 1. The second-order valence-electron chi connectivity index (χ2n) is 10.1. The molecule has 0 saturated carbocycles. The smallest absolute Gasteiger partial charge is 0.338 e. The molecule has 3 N–H and O–H groups in total. The number of nitrogens with one attached hydrogen (secondary N) is 3. The number of benzene rings is 3. The van der Waals surface area contributed by atoms with Gasteiger partial charge in [-0.25, -0.2) is 15.0 Å². The molecule has 12 nitrogen and oxygen atoms in total. The lowest BCUT2D eigenvalue weighted by Gasteiger charge is -2.28. The van der Waals surface area contributed by atoms with Crippen LogP contribution >= 0.6 is 45.8 Å². The number of nitrogens with zero attached hydrogens (tertiary/aromatic N) is 1. The summed E-state index contributed by atoms with van der Waals surface area (Å²) in [5.74, 6) is 0.553. The molecule has 15 heteroatoms. The SMILES string of the molecule is CCOC(=O)C1=C(C)NC(=O)N[C@H]1c1ccc(OCC(=O)N/N=C/c2cc(I)c(OCc3ccc(Cl)c(Cl)c3)c(OCC)c2)c(OC)c1. The van der Waals surface area contributed by atoms with Crippen LogP contribution in [0.25, 0.3) is 0 Å². The topological polar surface area (TPSA) is 146 Å². The molecular formula is C33H33Cl2IN4O8. The van der Waals surface area contributed by atoms with Crippen molar-refractivity contribution >= 4 is 69.9 Å². The van der Waals surface area contributed by atoms with Gasteiger partial charge < -0.3 is 34.3 Å². The number of carbonyl (C=O) groups is 3. The van der Waals surface area contributed by atoms with Crippen LogP contribution in [0.5, 0.6) is 23.0 Å². The largest absolute Gasteiger partial charge is 0.493 e. The molecule has 48 heavy (non-hydrogen) atoms. The average molecular weight is 811 g/mol. The molecule has 0 aliphatic carbocycles. The molecule has 0 unspecified atom stereocenters. The molecule has 0 bridgehead atoms. The zero-order chi connectivity index (χ0) is 34.8. The molecule has 4 rings (SSSR count). The van der Waals surface area contributed by atoms with Gasteiger partial charge in [-0.05, 0) is 96.5 Å². The summed E-state index contributed by atoms with van der Waals surface area (Å²) in [7, 11) is 1.44. The third-order valence-electron chi connectivity index (χ3n) is 6.75. The summed E-state index contributed by atoms with van der Waals surface area (Å²) in [6.07, 6.45) is 1.48. The van der Waals surface area contributed by atoms with Crippen molar-refractivity contribution in [2.24, 2.45) is 5.10 Å². The van der Waals surface area contributed by atoms with Crippen molar-refractivity contribution in [1.29, 1.82) is 0 Å². The maximum absolute atomic E-state index is 12.6. The van der Waals surface area contributed by atoms with Gasteiger partial charge in [-0.3, -0.25) is 4.79 Å². The van der Waals surface area contributed by atoms with Crippen molar-refractivity contribution in [3.05, 3.63) is 90.1 Å². The van der Waals surface area contributed by atoms with Crippen LogP contribution in [-0.4, -0.2) is 51.1 Å². The van der Waals surface area contributed by atoms with Crippen LogP contribution in [0.4, 0.5) is 4.79 Å². The number of hydrogen-bond acceptors (Lipinski definition) is 9. The fraction of sp³-hybridized carbons (Fsp3) is 0.273. The van der Waals surface area contributed by atoms with Crippen LogP contribution in [-0.2, 0) is 20.9 Å². The number of rotatable bonds is 14. The number of methoxy groups -OCH3 is 1. The normalized spacial score (nSPS) is 14.2. The van der Waals surface area contributed by atoms with Crippen molar-refractivity contribution in [3.8, 4) is 23.0 Å². The van der Waals surface area contributed by atoms with Crippen molar-refractivity contribution < 1.29 is 38.1 Å². The number of hydrazone groups is 1. The van der Waals surface area contributed by atoms with Crippen molar-refractivity contribution in [3.63, 3.8) is 0 Å².